The third-order valence-electron chi connectivity index (χ3n) is 1.86. The van der Waals surface area contributed by atoms with Crippen LogP contribution in [0.4, 0.5) is 0 Å². The van der Waals surface area contributed by atoms with Crippen molar-refractivity contribution in [1.82, 2.24) is 5.32 Å². The van der Waals surface area contributed by atoms with Gasteiger partial charge in [-0.25, -0.2) is 0 Å². The standard InChI is InChI=1S/C11H16BrNOS/c1-11(2,3)13-7-8(14)6-10-9(12)4-5-15-10/h4-5,13H,6-7H2,1-3H3. The molecule has 0 amide bonds. The van der Waals surface area contributed by atoms with Crippen molar-refractivity contribution in [3.63, 3.8) is 0 Å². The highest BCUT2D eigenvalue weighted by Gasteiger charge is 2.13. The van der Waals surface area contributed by atoms with E-state index in [1.165, 1.54) is 0 Å². The molecule has 0 aliphatic carbocycles. The average Bonchev–Trinajstić information content (AvgIpc) is 2.47. The van der Waals surface area contributed by atoms with Crippen molar-refractivity contribution in [2.45, 2.75) is 32.7 Å². The van der Waals surface area contributed by atoms with Gasteiger partial charge in [-0.05, 0) is 48.1 Å². The first kappa shape index (κ1) is 12.9. The van der Waals surface area contributed by atoms with Gasteiger partial charge in [0.1, 0.15) is 0 Å². The van der Waals surface area contributed by atoms with Crippen molar-refractivity contribution in [1.29, 1.82) is 0 Å². The number of carbonyl (C=O) groups excluding carboxylic acids is 1. The van der Waals surface area contributed by atoms with Gasteiger partial charge in [-0.1, -0.05) is 0 Å². The second-order valence-electron chi connectivity index (χ2n) is 4.51. The molecule has 0 saturated heterocycles. The summed E-state index contributed by atoms with van der Waals surface area (Å²) >= 11 is 5.04. The first-order valence-electron chi connectivity index (χ1n) is 4.87. The Kier molecular flexibility index (Phi) is 4.49. The summed E-state index contributed by atoms with van der Waals surface area (Å²) in [5, 5.41) is 5.18. The smallest absolute Gasteiger partial charge is 0.151 e. The summed E-state index contributed by atoms with van der Waals surface area (Å²) in [4.78, 5) is 12.7. The van der Waals surface area contributed by atoms with Crippen molar-refractivity contribution >= 4 is 33.0 Å². The first-order valence-corrected chi connectivity index (χ1v) is 6.54. The second kappa shape index (κ2) is 5.23. The number of ketones is 1. The normalized spacial score (nSPS) is 11.7. The number of rotatable bonds is 4. The minimum Gasteiger partial charge on any atom is -0.305 e. The lowest BCUT2D eigenvalue weighted by Crippen LogP contribution is -2.39. The van der Waals surface area contributed by atoms with Gasteiger partial charge in [0.15, 0.2) is 5.78 Å². The van der Waals surface area contributed by atoms with Crippen LogP contribution in [0.2, 0.25) is 0 Å². The maximum Gasteiger partial charge on any atom is 0.151 e. The molecule has 1 rings (SSSR count). The lowest BCUT2D eigenvalue weighted by atomic mass is 10.1. The Morgan fingerprint density at radius 1 is 1.53 bits per heavy atom. The van der Waals surface area contributed by atoms with Crippen LogP contribution in [0, 0.1) is 0 Å². The third kappa shape index (κ3) is 4.91. The summed E-state index contributed by atoms with van der Waals surface area (Å²) in [6, 6.07) is 1.98. The predicted octanol–water partition coefficient (Wildman–Crippen LogP) is 3.01. The largest absolute Gasteiger partial charge is 0.305 e. The van der Waals surface area contributed by atoms with Crippen LogP contribution in [0.1, 0.15) is 25.6 Å². The van der Waals surface area contributed by atoms with E-state index in [1.807, 2.05) is 11.4 Å². The number of nitrogens with one attached hydrogen (secondary N) is 1. The zero-order chi connectivity index (χ0) is 11.5. The summed E-state index contributed by atoms with van der Waals surface area (Å²) in [6.07, 6.45) is 0.515. The van der Waals surface area contributed by atoms with Gasteiger partial charge in [-0.15, -0.1) is 11.3 Å². The number of thiophene rings is 1. The van der Waals surface area contributed by atoms with E-state index in [0.29, 0.717) is 13.0 Å². The van der Waals surface area contributed by atoms with Crippen LogP contribution >= 0.6 is 27.3 Å². The molecule has 0 atom stereocenters. The molecule has 0 aliphatic rings. The van der Waals surface area contributed by atoms with Gasteiger partial charge in [-0.2, -0.15) is 0 Å². The van der Waals surface area contributed by atoms with Crippen LogP contribution in [0.3, 0.4) is 0 Å². The molecular weight excluding hydrogens is 274 g/mol. The number of Topliss-reactive ketones (excluding diaryl/α,β-unsaturated/α-hetero) is 1. The van der Waals surface area contributed by atoms with Crippen LogP contribution in [0.15, 0.2) is 15.9 Å². The Morgan fingerprint density at radius 3 is 2.67 bits per heavy atom. The highest BCUT2D eigenvalue weighted by molar-refractivity contribution is 9.10. The van der Waals surface area contributed by atoms with E-state index >= 15 is 0 Å². The quantitative estimate of drug-likeness (QED) is 0.923. The van der Waals surface area contributed by atoms with Gasteiger partial charge in [0, 0.05) is 21.3 Å². The molecule has 1 N–H and O–H groups in total. The molecule has 4 heteroatoms. The molecule has 1 aromatic rings. The van der Waals surface area contributed by atoms with E-state index in [0.717, 1.165) is 9.35 Å². The number of halogens is 1. The van der Waals surface area contributed by atoms with Crippen molar-refractivity contribution in [3.8, 4) is 0 Å². The molecule has 15 heavy (non-hydrogen) atoms. The lowest BCUT2D eigenvalue weighted by Gasteiger charge is -2.19. The zero-order valence-corrected chi connectivity index (χ0v) is 11.7. The van der Waals surface area contributed by atoms with Gasteiger partial charge in [0.25, 0.3) is 0 Å². The molecule has 1 aromatic heterocycles. The van der Waals surface area contributed by atoms with Gasteiger partial charge in [0.05, 0.1) is 6.54 Å². The van der Waals surface area contributed by atoms with E-state index in [-0.39, 0.29) is 11.3 Å². The third-order valence-corrected chi connectivity index (χ3v) is 3.79. The summed E-state index contributed by atoms with van der Waals surface area (Å²) in [5.74, 6) is 0.230. The van der Waals surface area contributed by atoms with Crippen molar-refractivity contribution in [2.24, 2.45) is 0 Å². The highest BCUT2D eigenvalue weighted by atomic mass is 79.9. The van der Waals surface area contributed by atoms with E-state index in [1.54, 1.807) is 11.3 Å². The molecule has 0 saturated carbocycles. The number of hydrogen-bond acceptors (Lipinski definition) is 3. The molecule has 0 spiro atoms. The Balaban J connectivity index is 2.41. The molecule has 0 fully saturated rings. The Bertz CT molecular complexity index is 341. The molecule has 84 valence electrons. The monoisotopic (exact) mass is 289 g/mol. The average molecular weight is 290 g/mol. The molecule has 1 heterocycles. The van der Waals surface area contributed by atoms with Crippen LogP contribution in [-0.4, -0.2) is 17.9 Å². The minimum absolute atomic E-state index is 0.00232. The predicted molar refractivity (Wildman–Crippen MR) is 68.5 cm³/mol. The van der Waals surface area contributed by atoms with Gasteiger partial charge in [-0.3, -0.25) is 4.79 Å². The maximum atomic E-state index is 11.6. The first-order chi connectivity index (χ1) is 6.88. The maximum absolute atomic E-state index is 11.6. The highest BCUT2D eigenvalue weighted by Crippen LogP contribution is 2.23. The van der Waals surface area contributed by atoms with Crippen molar-refractivity contribution in [3.05, 3.63) is 20.8 Å². The molecule has 0 unspecified atom stereocenters. The second-order valence-corrected chi connectivity index (χ2v) is 6.37. The fraction of sp³-hybridized carbons (Fsp3) is 0.545. The number of hydrogen-bond donors (Lipinski definition) is 1. The lowest BCUT2D eigenvalue weighted by molar-refractivity contribution is -0.117. The molecule has 0 aliphatic heterocycles. The van der Waals surface area contributed by atoms with Crippen LogP contribution in [0.25, 0.3) is 0 Å². The van der Waals surface area contributed by atoms with E-state index < -0.39 is 0 Å². The molecule has 0 radical (unpaired) electrons. The van der Waals surface area contributed by atoms with Gasteiger partial charge < -0.3 is 5.32 Å². The van der Waals surface area contributed by atoms with E-state index in [2.05, 4.69) is 42.0 Å². The topological polar surface area (TPSA) is 29.1 Å². The fourth-order valence-corrected chi connectivity index (χ4v) is 2.58. The summed E-state index contributed by atoms with van der Waals surface area (Å²) in [7, 11) is 0. The van der Waals surface area contributed by atoms with Crippen LogP contribution in [-0.2, 0) is 11.2 Å². The van der Waals surface area contributed by atoms with Crippen LogP contribution < -0.4 is 5.32 Å². The SMILES string of the molecule is CC(C)(C)NCC(=O)Cc1sccc1Br. The fourth-order valence-electron chi connectivity index (χ4n) is 1.06. The molecular formula is C11H16BrNOS. The number of carbonyl (C=O) groups is 1. The van der Waals surface area contributed by atoms with Gasteiger partial charge in [0.2, 0.25) is 0 Å². The van der Waals surface area contributed by atoms with Crippen molar-refractivity contribution < 1.29 is 4.79 Å². The Hall–Kier alpha value is -0.190. The Labute approximate surface area is 103 Å². The van der Waals surface area contributed by atoms with Gasteiger partial charge >= 0.3 is 0 Å². The summed E-state index contributed by atoms with van der Waals surface area (Å²) in [5.41, 5.74) is 0.00232. The molecule has 2 nitrogen and oxygen atoms in total. The summed E-state index contributed by atoms with van der Waals surface area (Å²) in [6.45, 7) is 6.61. The van der Waals surface area contributed by atoms with E-state index in [9.17, 15) is 4.79 Å². The van der Waals surface area contributed by atoms with E-state index in [4.69, 9.17) is 0 Å². The van der Waals surface area contributed by atoms with Crippen molar-refractivity contribution in [2.75, 3.05) is 6.54 Å². The minimum atomic E-state index is 0.00232. The Morgan fingerprint density at radius 2 is 2.20 bits per heavy atom. The zero-order valence-electron chi connectivity index (χ0n) is 9.26. The molecule has 0 bridgehead atoms. The van der Waals surface area contributed by atoms with Crippen LogP contribution in [0.5, 0.6) is 0 Å². The summed E-state index contributed by atoms with van der Waals surface area (Å²) < 4.78 is 1.04. The molecule has 0 aromatic carbocycles.